The van der Waals surface area contributed by atoms with Crippen LogP contribution in [-0.4, -0.2) is 54.0 Å². The molecule has 3 amide bonds. The third-order valence-electron chi connectivity index (χ3n) is 4.87. The largest absolute Gasteiger partial charge is 0.493 e. The van der Waals surface area contributed by atoms with E-state index in [4.69, 9.17) is 15.2 Å². The Bertz CT molecular complexity index is 1010. The molecule has 9 heteroatoms. The highest BCUT2D eigenvalue weighted by atomic mass is 32.2. The molecular formula is C22H25N3O5S. The first-order valence-corrected chi connectivity index (χ1v) is 10.8. The lowest BCUT2D eigenvalue weighted by molar-refractivity contribution is -0.120. The minimum absolute atomic E-state index is 0.223. The molecule has 0 aromatic heterocycles. The number of aryl methyl sites for hydroxylation is 2. The van der Waals surface area contributed by atoms with Crippen LogP contribution >= 0.6 is 11.8 Å². The molecule has 1 unspecified atom stereocenters. The summed E-state index contributed by atoms with van der Waals surface area (Å²) in [6, 6.07) is 9.86. The first-order valence-electron chi connectivity index (χ1n) is 9.66. The normalized spacial score (nSPS) is 15.5. The average Bonchev–Trinajstić information content (AvgIpc) is 3.23. The van der Waals surface area contributed by atoms with Crippen LogP contribution in [-0.2, 0) is 9.59 Å². The van der Waals surface area contributed by atoms with Crippen molar-refractivity contribution in [3.63, 3.8) is 0 Å². The number of methoxy groups -OCH3 is 1. The molecule has 0 saturated carbocycles. The smallest absolute Gasteiger partial charge is 0.255 e. The molecule has 1 heterocycles. The molecule has 164 valence electrons. The zero-order valence-electron chi connectivity index (χ0n) is 17.6. The van der Waals surface area contributed by atoms with Crippen LogP contribution in [0.15, 0.2) is 36.4 Å². The van der Waals surface area contributed by atoms with Crippen LogP contribution in [0.4, 0.5) is 5.69 Å². The number of carbonyl (C=O) groups excluding carboxylic acids is 3. The van der Waals surface area contributed by atoms with Gasteiger partial charge in [0.25, 0.3) is 11.8 Å². The Morgan fingerprint density at radius 2 is 1.94 bits per heavy atom. The van der Waals surface area contributed by atoms with Crippen molar-refractivity contribution < 1.29 is 23.9 Å². The van der Waals surface area contributed by atoms with E-state index in [1.807, 2.05) is 32.0 Å². The topological polar surface area (TPSA) is 111 Å². The number of benzene rings is 2. The van der Waals surface area contributed by atoms with Crippen molar-refractivity contribution >= 4 is 35.2 Å². The number of nitrogens with two attached hydrogens (primary N) is 1. The van der Waals surface area contributed by atoms with Crippen molar-refractivity contribution in [2.45, 2.75) is 19.9 Å². The van der Waals surface area contributed by atoms with E-state index in [2.05, 4.69) is 5.32 Å². The zero-order valence-corrected chi connectivity index (χ0v) is 18.5. The number of hydrogen-bond donors (Lipinski definition) is 2. The minimum Gasteiger partial charge on any atom is -0.493 e. The lowest BCUT2D eigenvalue weighted by Crippen LogP contribution is -2.44. The first-order chi connectivity index (χ1) is 14.8. The Morgan fingerprint density at radius 3 is 2.61 bits per heavy atom. The van der Waals surface area contributed by atoms with Gasteiger partial charge < -0.3 is 25.4 Å². The van der Waals surface area contributed by atoms with Gasteiger partial charge in [-0.25, -0.2) is 0 Å². The zero-order chi connectivity index (χ0) is 22.5. The Hall–Kier alpha value is -3.20. The number of primary amides is 1. The highest BCUT2D eigenvalue weighted by Crippen LogP contribution is 2.31. The number of thioether (sulfide) groups is 1. The van der Waals surface area contributed by atoms with Crippen molar-refractivity contribution in [2.75, 3.05) is 30.7 Å². The van der Waals surface area contributed by atoms with Gasteiger partial charge in [0.05, 0.1) is 13.0 Å². The molecule has 1 aliphatic rings. The lowest BCUT2D eigenvalue weighted by atomic mass is 10.1. The van der Waals surface area contributed by atoms with Crippen LogP contribution in [0.25, 0.3) is 0 Å². The molecule has 1 fully saturated rings. The van der Waals surface area contributed by atoms with E-state index < -0.39 is 11.9 Å². The highest BCUT2D eigenvalue weighted by molar-refractivity contribution is 7.99. The van der Waals surface area contributed by atoms with E-state index in [-0.39, 0.29) is 18.4 Å². The summed E-state index contributed by atoms with van der Waals surface area (Å²) in [7, 11) is 1.44. The van der Waals surface area contributed by atoms with Gasteiger partial charge in [-0.3, -0.25) is 14.4 Å². The first kappa shape index (κ1) is 22.5. The Kier molecular flexibility index (Phi) is 7.06. The summed E-state index contributed by atoms with van der Waals surface area (Å²) in [5.41, 5.74) is 8.27. The Morgan fingerprint density at radius 1 is 1.16 bits per heavy atom. The fraction of sp³-hybridized carbons (Fsp3) is 0.318. The van der Waals surface area contributed by atoms with Crippen molar-refractivity contribution in [3.8, 4) is 11.5 Å². The van der Waals surface area contributed by atoms with Crippen molar-refractivity contribution in [1.29, 1.82) is 0 Å². The molecule has 0 aliphatic carbocycles. The molecule has 2 aromatic carbocycles. The van der Waals surface area contributed by atoms with Crippen LogP contribution < -0.4 is 20.5 Å². The van der Waals surface area contributed by atoms with E-state index in [0.29, 0.717) is 28.7 Å². The number of carbonyl (C=O) groups is 3. The standard InChI is InChI=1S/C22H25N3O5S/c1-13-4-6-16(14(2)8-13)24-21(27)17-11-31-12-25(17)22(28)15-5-7-18(19(9-15)29-3)30-10-20(23)26/h4-9,17H,10-12H2,1-3H3,(H2,23,26)(H,24,27). The van der Waals surface area contributed by atoms with Crippen molar-refractivity contribution in [3.05, 3.63) is 53.1 Å². The van der Waals surface area contributed by atoms with Gasteiger partial charge in [-0.15, -0.1) is 11.8 Å². The number of anilines is 1. The number of amides is 3. The predicted octanol–water partition coefficient (Wildman–Crippen LogP) is 2.33. The maximum absolute atomic E-state index is 13.1. The SMILES string of the molecule is COc1cc(C(=O)N2CSCC2C(=O)Nc2ccc(C)cc2C)ccc1OCC(N)=O. The molecule has 1 atom stereocenters. The summed E-state index contributed by atoms with van der Waals surface area (Å²) in [4.78, 5) is 38.5. The maximum atomic E-state index is 13.1. The maximum Gasteiger partial charge on any atom is 0.255 e. The summed E-state index contributed by atoms with van der Waals surface area (Å²) in [5, 5.41) is 2.94. The second-order valence-electron chi connectivity index (χ2n) is 7.22. The van der Waals surface area contributed by atoms with Crippen LogP contribution in [0, 0.1) is 13.8 Å². The third-order valence-corrected chi connectivity index (χ3v) is 5.88. The molecule has 0 spiro atoms. The molecule has 31 heavy (non-hydrogen) atoms. The number of hydrogen-bond acceptors (Lipinski definition) is 6. The van der Waals surface area contributed by atoms with E-state index >= 15 is 0 Å². The minimum atomic E-state index is -0.617. The quantitative estimate of drug-likeness (QED) is 0.680. The summed E-state index contributed by atoms with van der Waals surface area (Å²) in [6.45, 7) is 3.63. The highest BCUT2D eigenvalue weighted by Gasteiger charge is 2.35. The fourth-order valence-electron chi connectivity index (χ4n) is 3.26. The van der Waals surface area contributed by atoms with Crippen LogP contribution in [0.5, 0.6) is 11.5 Å². The molecule has 1 aliphatic heterocycles. The molecule has 1 saturated heterocycles. The summed E-state index contributed by atoms with van der Waals surface area (Å²) in [6.07, 6.45) is 0. The van der Waals surface area contributed by atoms with Gasteiger partial charge in [0.2, 0.25) is 5.91 Å². The van der Waals surface area contributed by atoms with Crippen LogP contribution in [0.1, 0.15) is 21.5 Å². The predicted molar refractivity (Wildman–Crippen MR) is 120 cm³/mol. The molecular weight excluding hydrogens is 418 g/mol. The van der Waals surface area contributed by atoms with Gasteiger partial charge in [0.1, 0.15) is 6.04 Å². The van der Waals surface area contributed by atoms with Crippen LogP contribution in [0.2, 0.25) is 0 Å². The molecule has 0 bridgehead atoms. The number of ether oxygens (including phenoxy) is 2. The van der Waals surface area contributed by atoms with E-state index in [1.54, 1.807) is 17.0 Å². The van der Waals surface area contributed by atoms with Crippen LogP contribution in [0.3, 0.4) is 0 Å². The van der Waals surface area contributed by atoms with Gasteiger partial charge in [0, 0.05) is 17.0 Å². The monoisotopic (exact) mass is 443 g/mol. The average molecular weight is 444 g/mol. The fourth-order valence-corrected chi connectivity index (χ4v) is 4.42. The van der Waals surface area contributed by atoms with Gasteiger partial charge in [-0.2, -0.15) is 0 Å². The van der Waals surface area contributed by atoms with Crippen molar-refractivity contribution in [2.24, 2.45) is 5.73 Å². The Labute approximate surface area is 185 Å². The third kappa shape index (κ3) is 5.29. The second-order valence-corrected chi connectivity index (χ2v) is 8.22. The molecule has 3 N–H and O–H groups in total. The molecule has 3 rings (SSSR count). The van der Waals surface area contributed by atoms with E-state index in [1.165, 1.54) is 24.9 Å². The summed E-state index contributed by atoms with van der Waals surface area (Å²) < 4.78 is 10.6. The van der Waals surface area contributed by atoms with E-state index in [0.717, 1.165) is 16.8 Å². The van der Waals surface area contributed by atoms with Crippen molar-refractivity contribution in [1.82, 2.24) is 4.90 Å². The van der Waals surface area contributed by atoms with Gasteiger partial charge in [-0.05, 0) is 43.7 Å². The Balaban J connectivity index is 1.75. The summed E-state index contributed by atoms with van der Waals surface area (Å²) >= 11 is 1.52. The summed E-state index contributed by atoms with van der Waals surface area (Å²) in [5.74, 6) is 0.400. The van der Waals surface area contributed by atoms with Gasteiger partial charge >= 0.3 is 0 Å². The second kappa shape index (κ2) is 9.74. The number of nitrogens with zero attached hydrogens (tertiary/aromatic N) is 1. The van der Waals surface area contributed by atoms with Gasteiger partial charge in [0.15, 0.2) is 18.1 Å². The molecule has 8 nitrogen and oxygen atoms in total. The number of nitrogens with one attached hydrogen (secondary N) is 1. The lowest BCUT2D eigenvalue weighted by Gasteiger charge is -2.24. The van der Waals surface area contributed by atoms with E-state index in [9.17, 15) is 14.4 Å². The molecule has 2 aromatic rings. The molecule has 0 radical (unpaired) electrons. The van der Waals surface area contributed by atoms with Gasteiger partial charge in [-0.1, -0.05) is 17.7 Å². The number of rotatable bonds is 7.